The van der Waals surface area contributed by atoms with E-state index >= 15 is 0 Å². The van der Waals surface area contributed by atoms with Crippen molar-refractivity contribution in [2.75, 3.05) is 0 Å². The van der Waals surface area contributed by atoms with Gasteiger partial charge in [0, 0.05) is 10.6 Å². The quantitative estimate of drug-likeness (QED) is 0.913. The van der Waals surface area contributed by atoms with E-state index in [1.165, 1.54) is 11.8 Å². The summed E-state index contributed by atoms with van der Waals surface area (Å²) in [6.07, 6.45) is -0.211. The topological polar surface area (TPSA) is 66.7 Å². The molecule has 4 nitrogen and oxygen atoms in total. The Balaban J connectivity index is 2.18. The molecule has 1 aromatic rings. The molecule has 1 atom stereocenters. The smallest absolute Gasteiger partial charge is 0.305 e. The first-order chi connectivity index (χ1) is 8.06. The van der Waals surface area contributed by atoms with Crippen LogP contribution in [0.2, 0.25) is 5.02 Å². The molecule has 1 heterocycles. The molecule has 0 bridgehead atoms. The van der Waals surface area contributed by atoms with Crippen LogP contribution in [0.3, 0.4) is 0 Å². The Labute approximate surface area is 107 Å². The standard InChI is InChI=1S/C11H8ClNO3S/c12-7-3-1-2-6(4-7)11-13-10(16)8(17-11)5-9(14)15/h1-4,8H,5H2,(H,14,15)/t8-/m1/s1. The second-order valence-electron chi connectivity index (χ2n) is 3.47. The lowest BCUT2D eigenvalue weighted by Crippen LogP contribution is -2.15. The van der Waals surface area contributed by atoms with Crippen LogP contribution in [-0.4, -0.2) is 27.3 Å². The van der Waals surface area contributed by atoms with Crippen LogP contribution in [0.5, 0.6) is 0 Å². The minimum atomic E-state index is -1.00. The highest BCUT2D eigenvalue weighted by Gasteiger charge is 2.30. The molecule has 6 heteroatoms. The lowest BCUT2D eigenvalue weighted by atomic mass is 10.2. The van der Waals surface area contributed by atoms with Crippen LogP contribution in [0.1, 0.15) is 12.0 Å². The molecule has 0 saturated carbocycles. The Morgan fingerprint density at radius 3 is 2.94 bits per heavy atom. The van der Waals surface area contributed by atoms with E-state index in [1.807, 2.05) is 0 Å². The molecule has 0 aliphatic carbocycles. The van der Waals surface area contributed by atoms with Crippen LogP contribution in [0.4, 0.5) is 0 Å². The number of carbonyl (C=O) groups is 2. The van der Waals surface area contributed by atoms with Crippen LogP contribution in [0.15, 0.2) is 29.3 Å². The van der Waals surface area contributed by atoms with Gasteiger partial charge in [-0.15, -0.1) is 0 Å². The van der Waals surface area contributed by atoms with Gasteiger partial charge in [-0.1, -0.05) is 35.5 Å². The summed E-state index contributed by atoms with van der Waals surface area (Å²) in [5.41, 5.74) is 0.740. The average Bonchev–Trinajstić information content (AvgIpc) is 2.59. The molecule has 1 aliphatic heterocycles. The Morgan fingerprint density at radius 1 is 1.53 bits per heavy atom. The largest absolute Gasteiger partial charge is 0.481 e. The highest BCUT2D eigenvalue weighted by molar-refractivity contribution is 8.16. The SMILES string of the molecule is O=C(O)C[C@H]1SC(c2cccc(Cl)c2)=NC1=O. The number of carboxylic acids is 1. The first kappa shape index (κ1) is 12.1. The lowest BCUT2D eigenvalue weighted by Gasteiger charge is -2.03. The Hall–Kier alpha value is -1.33. The van der Waals surface area contributed by atoms with Gasteiger partial charge in [-0.3, -0.25) is 9.59 Å². The summed E-state index contributed by atoms with van der Waals surface area (Å²) in [4.78, 5) is 25.9. The summed E-state index contributed by atoms with van der Waals surface area (Å²) in [6.45, 7) is 0. The molecule has 88 valence electrons. The number of hydrogen-bond donors (Lipinski definition) is 1. The third kappa shape index (κ3) is 2.87. The van der Waals surface area contributed by atoms with Crippen molar-refractivity contribution in [3.05, 3.63) is 34.9 Å². The third-order valence-corrected chi connectivity index (χ3v) is 3.61. The van der Waals surface area contributed by atoms with E-state index in [0.717, 1.165) is 5.56 Å². The number of rotatable bonds is 3. The molecule has 0 aromatic heterocycles. The molecule has 0 fully saturated rings. The Kier molecular flexibility index (Phi) is 3.49. The summed E-state index contributed by atoms with van der Waals surface area (Å²) in [5.74, 6) is -1.40. The average molecular weight is 270 g/mol. The highest BCUT2D eigenvalue weighted by atomic mass is 35.5. The molecule has 0 radical (unpaired) electrons. The molecule has 1 N–H and O–H groups in total. The predicted molar refractivity (Wildman–Crippen MR) is 66.6 cm³/mol. The van der Waals surface area contributed by atoms with Crippen molar-refractivity contribution in [1.82, 2.24) is 0 Å². The second kappa shape index (κ2) is 4.89. The maximum Gasteiger partial charge on any atom is 0.305 e. The molecule has 1 aliphatic rings. The van der Waals surface area contributed by atoms with Crippen molar-refractivity contribution in [2.24, 2.45) is 4.99 Å². The van der Waals surface area contributed by atoms with Gasteiger partial charge in [-0.25, -0.2) is 4.99 Å². The number of benzene rings is 1. The number of hydrogen-bond acceptors (Lipinski definition) is 3. The van der Waals surface area contributed by atoms with E-state index in [-0.39, 0.29) is 6.42 Å². The summed E-state index contributed by atoms with van der Waals surface area (Å²) >= 11 is 7.01. The zero-order valence-corrected chi connectivity index (χ0v) is 10.2. The van der Waals surface area contributed by atoms with Gasteiger partial charge in [-0.05, 0) is 12.1 Å². The van der Waals surface area contributed by atoms with Crippen molar-refractivity contribution < 1.29 is 14.7 Å². The summed E-state index contributed by atoms with van der Waals surface area (Å²) in [5, 5.41) is 9.12. The van der Waals surface area contributed by atoms with Gasteiger partial charge >= 0.3 is 5.97 Å². The number of nitrogens with zero attached hydrogens (tertiary/aromatic N) is 1. The zero-order chi connectivity index (χ0) is 12.4. The van der Waals surface area contributed by atoms with Gasteiger partial charge in [0.15, 0.2) is 0 Å². The Morgan fingerprint density at radius 2 is 2.29 bits per heavy atom. The van der Waals surface area contributed by atoms with Crippen LogP contribution in [-0.2, 0) is 9.59 Å². The monoisotopic (exact) mass is 269 g/mol. The van der Waals surface area contributed by atoms with Gasteiger partial charge in [0.05, 0.1) is 6.42 Å². The van der Waals surface area contributed by atoms with Gasteiger partial charge in [0.25, 0.3) is 5.91 Å². The number of carbonyl (C=O) groups excluding carboxylic acids is 1. The summed E-state index contributed by atoms with van der Waals surface area (Å²) in [6, 6.07) is 6.97. The fourth-order valence-corrected chi connectivity index (χ4v) is 2.67. The van der Waals surface area contributed by atoms with Crippen molar-refractivity contribution in [1.29, 1.82) is 0 Å². The molecule has 0 saturated heterocycles. The highest BCUT2D eigenvalue weighted by Crippen LogP contribution is 2.29. The fraction of sp³-hybridized carbons (Fsp3) is 0.182. The second-order valence-corrected chi connectivity index (χ2v) is 5.10. The van der Waals surface area contributed by atoms with Gasteiger partial charge in [0.1, 0.15) is 10.3 Å². The lowest BCUT2D eigenvalue weighted by molar-refractivity contribution is -0.138. The molecular weight excluding hydrogens is 262 g/mol. The van der Waals surface area contributed by atoms with Gasteiger partial charge < -0.3 is 5.11 Å². The van der Waals surface area contributed by atoms with Crippen molar-refractivity contribution in [3.8, 4) is 0 Å². The molecular formula is C11H8ClNO3S. The number of amides is 1. The minimum absolute atomic E-state index is 0.211. The first-order valence-corrected chi connectivity index (χ1v) is 6.09. The summed E-state index contributed by atoms with van der Waals surface area (Å²) in [7, 11) is 0. The van der Waals surface area contributed by atoms with Crippen LogP contribution in [0, 0.1) is 0 Å². The molecule has 1 amide bonds. The first-order valence-electron chi connectivity index (χ1n) is 4.83. The molecule has 0 spiro atoms. The van der Waals surface area contributed by atoms with Crippen molar-refractivity contribution in [3.63, 3.8) is 0 Å². The number of aliphatic carboxylic acids is 1. The van der Waals surface area contributed by atoms with Crippen LogP contribution < -0.4 is 0 Å². The maximum atomic E-state index is 11.5. The number of thioether (sulfide) groups is 1. The van der Waals surface area contributed by atoms with E-state index in [4.69, 9.17) is 16.7 Å². The molecule has 0 unspecified atom stereocenters. The molecule has 2 rings (SSSR count). The molecule has 17 heavy (non-hydrogen) atoms. The minimum Gasteiger partial charge on any atom is -0.481 e. The molecule has 1 aromatic carbocycles. The maximum absolute atomic E-state index is 11.5. The zero-order valence-electron chi connectivity index (χ0n) is 8.59. The predicted octanol–water partition coefficient (Wildman–Crippen LogP) is 2.20. The van der Waals surface area contributed by atoms with Gasteiger partial charge in [-0.2, -0.15) is 0 Å². The van der Waals surface area contributed by atoms with E-state index < -0.39 is 17.1 Å². The normalized spacial score (nSPS) is 19.2. The van der Waals surface area contributed by atoms with E-state index in [0.29, 0.717) is 10.1 Å². The number of aliphatic imine (C=N–C) groups is 1. The summed E-state index contributed by atoms with van der Waals surface area (Å²) < 4.78 is 0. The third-order valence-electron chi connectivity index (χ3n) is 2.17. The van der Waals surface area contributed by atoms with E-state index in [1.54, 1.807) is 24.3 Å². The van der Waals surface area contributed by atoms with Crippen LogP contribution >= 0.6 is 23.4 Å². The van der Waals surface area contributed by atoms with Crippen molar-refractivity contribution in [2.45, 2.75) is 11.7 Å². The van der Waals surface area contributed by atoms with Gasteiger partial charge in [0.2, 0.25) is 0 Å². The van der Waals surface area contributed by atoms with Crippen LogP contribution in [0.25, 0.3) is 0 Å². The Bertz CT molecular complexity index is 515. The number of halogens is 1. The van der Waals surface area contributed by atoms with E-state index in [2.05, 4.69) is 4.99 Å². The number of carboxylic acid groups (broad SMARTS) is 1. The fourth-order valence-electron chi connectivity index (χ4n) is 1.43. The van der Waals surface area contributed by atoms with E-state index in [9.17, 15) is 9.59 Å². The van der Waals surface area contributed by atoms with Crippen molar-refractivity contribution >= 4 is 40.3 Å².